The molecule has 3 rings (SSSR count). The van der Waals surface area contributed by atoms with Gasteiger partial charge < -0.3 is 20.1 Å². The molecule has 0 aromatic heterocycles. The molecule has 0 fully saturated rings. The van der Waals surface area contributed by atoms with Crippen molar-refractivity contribution in [2.24, 2.45) is 5.41 Å². The Bertz CT molecular complexity index is 1000. The fourth-order valence-electron chi connectivity index (χ4n) is 5.88. The molecular formula is C32H46O5. The number of fused-ring (bicyclic) bond motifs is 1. The lowest BCUT2D eigenvalue weighted by molar-refractivity contribution is -0.149. The molecule has 1 aliphatic rings. The van der Waals surface area contributed by atoms with Gasteiger partial charge in [0.25, 0.3) is 0 Å². The van der Waals surface area contributed by atoms with Crippen molar-refractivity contribution < 1.29 is 24.9 Å². The van der Waals surface area contributed by atoms with E-state index >= 15 is 0 Å². The molecule has 2 aromatic carbocycles. The van der Waals surface area contributed by atoms with Crippen molar-refractivity contribution in [1.82, 2.24) is 0 Å². The second-order valence-corrected chi connectivity index (χ2v) is 11.5. The Morgan fingerprint density at radius 1 is 0.919 bits per heavy atom. The average molecular weight is 511 g/mol. The maximum Gasteiger partial charge on any atom is 0.309 e. The van der Waals surface area contributed by atoms with Crippen molar-refractivity contribution in [3.05, 3.63) is 53.6 Å². The van der Waals surface area contributed by atoms with Crippen LogP contribution in [0.15, 0.2) is 42.5 Å². The Morgan fingerprint density at radius 3 is 2.16 bits per heavy atom. The van der Waals surface area contributed by atoms with Gasteiger partial charge in [0.2, 0.25) is 0 Å². The van der Waals surface area contributed by atoms with Crippen molar-refractivity contribution in [2.45, 2.75) is 109 Å². The third-order valence-corrected chi connectivity index (χ3v) is 8.52. The summed E-state index contributed by atoms with van der Waals surface area (Å²) in [6, 6.07) is 12.9. The minimum Gasteiger partial charge on any atom is -0.508 e. The van der Waals surface area contributed by atoms with Gasteiger partial charge in [0.15, 0.2) is 0 Å². The first kappa shape index (κ1) is 28.9. The standard InChI is InChI=1S/C32H46O5/c1-4-5-11-20-31(2,30(35)36)21-12-9-7-6-8-10-13-28-27-19-18-26(34)22-29(27)37-23-32(28,3)24-14-16-25(33)17-15-24/h14-19,22,28,33-34H,4-13,20-21,23H2,1-3H3,(H,35,36). The average Bonchev–Trinajstić information content (AvgIpc) is 2.87. The molecule has 1 heterocycles. The van der Waals surface area contributed by atoms with Gasteiger partial charge in [0.1, 0.15) is 17.2 Å². The van der Waals surface area contributed by atoms with Gasteiger partial charge in [0, 0.05) is 17.4 Å². The van der Waals surface area contributed by atoms with Gasteiger partial charge in [-0.05, 0) is 55.5 Å². The minimum atomic E-state index is -0.648. The quantitative estimate of drug-likeness (QED) is 0.210. The van der Waals surface area contributed by atoms with Crippen LogP contribution < -0.4 is 4.74 Å². The number of ether oxygens (including phenoxy) is 1. The molecule has 0 saturated carbocycles. The maximum atomic E-state index is 11.8. The fourth-order valence-corrected chi connectivity index (χ4v) is 5.88. The highest BCUT2D eigenvalue weighted by Gasteiger charge is 2.42. The van der Waals surface area contributed by atoms with Crippen molar-refractivity contribution >= 4 is 5.97 Å². The normalized spacial score (nSPS) is 20.6. The number of phenols is 2. The van der Waals surface area contributed by atoms with E-state index in [0.717, 1.165) is 93.9 Å². The van der Waals surface area contributed by atoms with E-state index in [2.05, 4.69) is 13.8 Å². The predicted molar refractivity (Wildman–Crippen MR) is 149 cm³/mol. The third-order valence-electron chi connectivity index (χ3n) is 8.52. The van der Waals surface area contributed by atoms with E-state index in [1.807, 2.05) is 25.1 Å². The highest BCUT2D eigenvalue weighted by Crippen LogP contribution is 2.49. The molecule has 0 amide bonds. The molecule has 0 saturated heterocycles. The second-order valence-electron chi connectivity index (χ2n) is 11.5. The van der Waals surface area contributed by atoms with Crippen LogP contribution >= 0.6 is 0 Å². The molecular weight excluding hydrogens is 464 g/mol. The van der Waals surface area contributed by atoms with Gasteiger partial charge in [-0.1, -0.05) is 89.8 Å². The lowest BCUT2D eigenvalue weighted by Gasteiger charge is -2.43. The van der Waals surface area contributed by atoms with Crippen LogP contribution in [0, 0.1) is 5.41 Å². The Morgan fingerprint density at radius 2 is 1.51 bits per heavy atom. The Hall–Kier alpha value is -2.69. The van der Waals surface area contributed by atoms with Crippen molar-refractivity contribution in [1.29, 1.82) is 0 Å². The summed E-state index contributed by atoms with van der Waals surface area (Å²) < 4.78 is 6.12. The van der Waals surface area contributed by atoms with Crippen LogP contribution in [0.2, 0.25) is 0 Å². The van der Waals surface area contributed by atoms with Crippen molar-refractivity contribution in [3.8, 4) is 17.2 Å². The van der Waals surface area contributed by atoms with Crippen LogP contribution in [-0.4, -0.2) is 27.9 Å². The van der Waals surface area contributed by atoms with Gasteiger partial charge in [-0.15, -0.1) is 0 Å². The number of carbonyl (C=O) groups is 1. The van der Waals surface area contributed by atoms with Crippen LogP contribution in [0.4, 0.5) is 0 Å². The van der Waals surface area contributed by atoms with Crippen LogP contribution in [0.3, 0.4) is 0 Å². The second kappa shape index (κ2) is 13.2. The van der Waals surface area contributed by atoms with Crippen LogP contribution in [-0.2, 0) is 10.2 Å². The lowest BCUT2D eigenvalue weighted by Crippen LogP contribution is -2.40. The zero-order valence-corrected chi connectivity index (χ0v) is 23.0. The van der Waals surface area contributed by atoms with Crippen molar-refractivity contribution in [2.75, 3.05) is 6.61 Å². The van der Waals surface area contributed by atoms with Gasteiger partial charge >= 0.3 is 5.97 Å². The maximum absolute atomic E-state index is 11.8. The molecule has 3 atom stereocenters. The van der Waals surface area contributed by atoms with Gasteiger partial charge in [-0.2, -0.15) is 0 Å². The molecule has 0 spiro atoms. The smallest absolute Gasteiger partial charge is 0.309 e. The highest BCUT2D eigenvalue weighted by molar-refractivity contribution is 5.74. The van der Waals surface area contributed by atoms with Gasteiger partial charge in [-0.3, -0.25) is 4.79 Å². The molecule has 5 heteroatoms. The van der Waals surface area contributed by atoms with E-state index in [0.29, 0.717) is 6.61 Å². The number of aromatic hydroxyl groups is 2. The summed E-state index contributed by atoms with van der Waals surface area (Å²) in [6.07, 6.45) is 12.4. The monoisotopic (exact) mass is 510 g/mol. The molecule has 1 aliphatic heterocycles. The largest absolute Gasteiger partial charge is 0.508 e. The van der Waals surface area contributed by atoms with Crippen LogP contribution in [0.5, 0.6) is 17.2 Å². The molecule has 2 aromatic rings. The van der Waals surface area contributed by atoms with Crippen molar-refractivity contribution in [3.63, 3.8) is 0 Å². The Kier molecular flexibility index (Phi) is 10.3. The number of phenolic OH excluding ortho intramolecular Hbond substituents is 2. The minimum absolute atomic E-state index is 0.218. The van der Waals surface area contributed by atoms with E-state index in [1.165, 1.54) is 0 Å². The zero-order chi connectivity index (χ0) is 26.9. The first-order valence-electron chi connectivity index (χ1n) is 14.2. The fraction of sp³-hybridized carbons (Fsp3) is 0.594. The number of rotatable bonds is 15. The molecule has 3 N–H and O–H groups in total. The summed E-state index contributed by atoms with van der Waals surface area (Å²) in [7, 11) is 0. The lowest BCUT2D eigenvalue weighted by atomic mass is 9.66. The molecule has 0 radical (unpaired) electrons. The summed E-state index contributed by atoms with van der Waals surface area (Å²) in [4.78, 5) is 11.8. The summed E-state index contributed by atoms with van der Waals surface area (Å²) in [6.45, 7) is 6.83. The number of hydrogen-bond acceptors (Lipinski definition) is 4. The molecule has 3 unspecified atom stereocenters. The SMILES string of the molecule is CCCCCC(C)(CCCCCCCCC1c2ccc(O)cc2OCC1(C)c1ccc(O)cc1)C(=O)O. The Labute approximate surface area is 222 Å². The number of unbranched alkanes of at least 4 members (excludes halogenated alkanes) is 7. The number of carboxylic acids is 1. The van der Waals surface area contributed by atoms with E-state index in [4.69, 9.17) is 4.74 Å². The topological polar surface area (TPSA) is 87.0 Å². The number of hydrogen-bond donors (Lipinski definition) is 3. The number of benzene rings is 2. The summed E-state index contributed by atoms with van der Waals surface area (Å²) in [5.41, 5.74) is 1.47. The van der Waals surface area contributed by atoms with E-state index in [1.54, 1.807) is 24.3 Å². The summed E-state index contributed by atoms with van der Waals surface area (Å²) >= 11 is 0. The zero-order valence-electron chi connectivity index (χ0n) is 23.0. The predicted octanol–water partition coefficient (Wildman–Crippen LogP) is 8.32. The highest BCUT2D eigenvalue weighted by atomic mass is 16.5. The third kappa shape index (κ3) is 7.43. The molecule has 204 valence electrons. The molecule has 0 aliphatic carbocycles. The number of carboxylic acid groups (broad SMARTS) is 1. The first-order chi connectivity index (χ1) is 17.7. The van der Waals surface area contributed by atoms with E-state index in [9.17, 15) is 20.1 Å². The van der Waals surface area contributed by atoms with Crippen LogP contribution in [0.1, 0.15) is 115 Å². The molecule has 0 bridgehead atoms. The van der Waals surface area contributed by atoms with E-state index in [-0.39, 0.29) is 22.8 Å². The molecule has 5 nitrogen and oxygen atoms in total. The van der Waals surface area contributed by atoms with E-state index < -0.39 is 11.4 Å². The summed E-state index contributed by atoms with van der Waals surface area (Å²) in [5, 5.41) is 29.5. The van der Waals surface area contributed by atoms with Crippen LogP contribution in [0.25, 0.3) is 0 Å². The number of aliphatic carboxylic acids is 1. The molecule has 37 heavy (non-hydrogen) atoms. The summed E-state index contributed by atoms with van der Waals surface area (Å²) in [5.74, 6) is 0.846. The Balaban J connectivity index is 1.52. The van der Waals surface area contributed by atoms with Gasteiger partial charge in [-0.25, -0.2) is 0 Å². The first-order valence-corrected chi connectivity index (χ1v) is 14.2. The van der Waals surface area contributed by atoms with Gasteiger partial charge in [0.05, 0.1) is 12.0 Å².